The van der Waals surface area contributed by atoms with E-state index in [4.69, 9.17) is 21.2 Å². The Labute approximate surface area is 141 Å². The van der Waals surface area contributed by atoms with Crippen LogP contribution >= 0.6 is 11.6 Å². The molecule has 2 amide bonds. The first-order valence-electron chi connectivity index (χ1n) is 7.17. The van der Waals surface area contributed by atoms with Crippen LogP contribution in [0.2, 0.25) is 5.02 Å². The van der Waals surface area contributed by atoms with Crippen LogP contribution in [0.15, 0.2) is 24.3 Å². The summed E-state index contributed by atoms with van der Waals surface area (Å²) < 4.78 is 5.29. The number of amides is 2. The molecule has 0 heterocycles. The van der Waals surface area contributed by atoms with Gasteiger partial charge in [-0.1, -0.05) is 23.7 Å². The van der Waals surface area contributed by atoms with Crippen molar-refractivity contribution in [3.63, 3.8) is 0 Å². The number of nitrogens with zero attached hydrogens (tertiary/aromatic N) is 1. The number of carbonyl (C=O) groups excluding carboxylic acids is 2. The van der Waals surface area contributed by atoms with Crippen molar-refractivity contribution in [1.82, 2.24) is 10.4 Å². The lowest BCUT2D eigenvalue weighted by atomic mass is 10.1. The predicted molar refractivity (Wildman–Crippen MR) is 88.1 cm³/mol. The van der Waals surface area contributed by atoms with E-state index >= 15 is 0 Å². The summed E-state index contributed by atoms with van der Waals surface area (Å²) in [7, 11) is 2.82. The maximum atomic E-state index is 12.3. The number of hydrogen-bond acceptors (Lipinski definition) is 4. The molecule has 0 aliphatic rings. The molecular formula is C16H23ClN2O4. The molecule has 1 aromatic carbocycles. The molecule has 0 aliphatic heterocycles. The van der Waals surface area contributed by atoms with Gasteiger partial charge < -0.3 is 10.1 Å². The summed E-state index contributed by atoms with van der Waals surface area (Å²) in [5.74, 6) is -0.462. The fourth-order valence-electron chi connectivity index (χ4n) is 1.82. The summed E-state index contributed by atoms with van der Waals surface area (Å²) in [5, 5.41) is 4.24. The molecule has 6 nitrogen and oxygen atoms in total. The van der Waals surface area contributed by atoms with Gasteiger partial charge >= 0.3 is 6.09 Å². The molecule has 0 saturated heterocycles. The van der Waals surface area contributed by atoms with Crippen LogP contribution in [0, 0.1) is 0 Å². The Hall–Kier alpha value is -1.79. The van der Waals surface area contributed by atoms with Crippen LogP contribution in [0.3, 0.4) is 0 Å². The van der Waals surface area contributed by atoms with Crippen molar-refractivity contribution in [2.75, 3.05) is 14.2 Å². The van der Waals surface area contributed by atoms with Gasteiger partial charge in [0.1, 0.15) is 0 Å². The zero-order chi connectivity index (χ0) is 17.6. The molecule has 1 rings (SSSR count). The van der Waals surface area contributed by atoms with Crippen molar-refractivity contribution in [1.29, 1.82) is 0 Å². The van der Waals surface area contributed by atoms with Crippen molar-refractivity contribution < 1.29 is 19.2 Å². The summed E-state index contributed by atoms with van der Waals surface area (Å²) in [6.07, 6.45) is -1.48. The first kappa shape index (κ1) is 19.3. The molecule has 0 fully saturated rings. The Morgan fingerprint density at radius 2 is 2.00 bits per heavy atom. The standard InChI is InChI=1S/C16H23ClN2O4/c1-16(2,3)18-15(21)23-13(14(20)19(4)22-5)10-11-7-6-8-12(17)9-11/h6-9,13H,10H2,1-5H3,(H,18,21)/t13-/m0/s1. The highest BCUT2D eigenvalue weighted by atomic mass is 35.5. The minimum Gasteiger partial charge on any atom is -0.436 e. The predicted octanol–water partition coefficient (Wildman–Crippen LogP) is 2.80. The number of hydroxylamine groups is 2. The number of halogens is 1. The number of hydrogen-bond donors (Lipinski definition) is 1. The molecule has 7 heteroatoms. The van der Waals surface area contributed by atoms with Crippen molar-refractivity contribution in [3.05, 3.63) is 34.9 Å². The zero-order valence-corrected chi connectivity index (χ0v) is 14.8. The maximum absolute atomic E-state index is 12.3. The van der Waals surface area contributed by atoms with E-state index in [1.165, 1.54) is 14.2 Å². The Morgan fingerprint density at radius 1 is 1.35 bits per heavy atom. The summed E-state index contributed by atoms with van der Waals surface area (Å²) in [6, 6.07) is 7.04. The van der Waals surface area contributed by atoms with Crippen LogP contribution in [0.4, 0.5) is 4.79 Å². The van der Waals surface area contributed by atoms with Gasteiger partial charge in [-0.2, -0.15) is 0 Å². The molecular weight excluding hydrogens is 320 g/mol. The van der Waals surface area contributed by atoms with Crippen LogP contribution in [-0.4, -0.2) is 42.9 Å². The van der Waals surface area contributed by atoms with E-state index in [-0.39, 0.29) is 6.42 Å². The van der Waals surface area contributed by atoms with E-state index < -0.39 is 23.6 Å². The smallest absolute Gasteiger partial charge is 0.408 e. The third-order valence-electron chi connectivity index (χ3n) is 2.90. The first-order chi connectivity index (χ1) is 10.6. The lowest BCUT2D eigenvalue weighted by molar-refractivity contribution is -0.177. The molecule has 0 unspecified atom stereocenters. The molecule has 0 spiro atoms. The third kappa shape index (κ3) is 6.88. The van der Waals surface area contributed by atoms with E-state index in [1.54, 1.807) is 18.2 Å². The monoisotopic (exact) mass is 342 g/mol. The summed E-state index contributed by atoms with van der Waals surface area (Å²) in [5.41, 5.74) is 0.317. The highest BCUT2D eigenvalue weighted by molar-refractivity contribution is 6.30. The number of likely N-dealkylation sites (N-methyl/N-ethyl adjacent to an activating group) is 1. The molecule has 0 saturated carbocycles. The summed E-state index contributed by atoms with van der Waals surface area (Å²) in [4.78, 5) is 29.2. The molecule has 1 atom stereocenters. The van der Waals surface area contributed by atoms with E-state index in [9.17, 15) is 9.59 Å². The van der Waals surface area contributed by atoms with E-state index in [2.05, 4.69) is 5.32 Å². The number of nitrogens with one attached hydrogen (secondary N) is 1. The van der Waals surface area contributed by atoms with Gasteiger partial charge in [-0.25, -0.2) is 9.86 Å². The summed E-state index contributed by atoms with van der Waals surface area (Å²) in [6.45, 7) is 5.47. The van der Waals surface area contributed by atoms with Crippen molar-refractivity contribution in [2.45, 2.75) is 38.8 Å². The third-order valence-corrected chi connectivity index (χ3v) is 3.13. The second-order valence-corrected chi connectivity index (χ2v) is 6.56. The van der Waals surface area contributed by atoms with Gasteiger partial charge in [0.15, 0.2) is 6.10 Å². The Bertz CT molecular complexity index is 557. The number of benzene rings is 1. The number of rotatable bonds is 5. The van der Waals surface area contributed by atoms with Gasteiger partial charge in [0.25, 0.3) is 5.91 Å². The second-order valence-electron chi connectivity index (χ2n) is 6.12. The van der Waals surface area contributed by atoms with Crippen LogP contribution in [0.25, 0.3) is 0 Å². The van der Waals surface area contributed by atoms with Gasteiger partial charge in [-0.3, -0.25) is 9.63 Å². The highest BCUT2D eigenvalue weighted by Gasteiger charge is 2.28. The molecule has 0 radical (unpaired) electrons. The van der Waals surface area contributed by atoms with Crippen LogP contribution in [-0.2, 0) is 20.8 Å². The van der Waals surface area contributed by atoms with Crippen molar-refractivity contribution in [3.8, 4) is 0 Å². The number of alkyl carbamates (subject to hydrolysis) is 1. The Kier molecular flexibility index (Phi) is 6.84. The van der Waals surface area contributed by atoms with E-state index in [0.717, 1.165) is 10.6 Å². The lowest BCUT2D eigenvalue weighted by Crippen LogP contribution is -2.46. The van der Waals surface area contributed by atoms with E-state index in [1.807, 2.05) is 26.8 Å². The quantitative estimate of drug-likeness (QED) is 0.835. The molecule has 128 valence electrons. The first-order valence-corrected chi connectivity index (χ1v) is 7.55. The van der Waals surface area contributed by atoms with Crippen LogP contribution < -0.4 is 5.32 Å². The fourth-order valence-corrected chi connectivity index (χ4v) is 2.03. The van der Waals surface area contributed by atoms with Gasteiger partial charge in [-0.05, 0) is 38.5 Å². The van der Waals surface area contributed by atoms with Crippen molar-refractivity contribution >= 4 is 23.6 Å². The molecule has 0 aliphatic carbocycles. The van der Waals surface area contributed by atoms with Crippen molar-refractivity contribution in [2.24, 2.45) is 0 Å². The zero-order valence-electron chi connectivity index (χ0n) is 14.1. The van der Waals surface area contributed by atoms with E-state index in [0.29, 0.717) is 5.02 Å². The highest BCUT2D eigenvalue weighted by Crippen LogP contribution is 2.15. The molecule has 0 aromatic heterocycles. The minimum atomic E-state index is -1.01. The molecule has 0 bridgehead atoms. The lowest BCUT2D eigenvalue weighted by Gasteiger charge is -2.25. The summed E-state index contributed by atoms with van der Waals surface area (Å²) >= 11 is 5.95. The Morgan fingerprint density at radius 3 is 2.52 bits per heavy atom. The minimum absolute atomic E-state index is 0.199. The van der Waals surface area contributed by atoms with Crippen LogP contribution in [0.5, 0.6) is 0 Å². The average Bonchev–Trinajstić information content (AvgIpc) is 2.43. The number of ether oxygens (including phenoxy) is 1. The average molecular weight is 343 g/mol. The van der Waals surface area contributed by atoms with Gasteiger partial charge in [0, 0.05) is 24.0 Å². The maximum Gasteiger partial charge on any atom is 0.408 e. The normalized spacial score (nSPS) is 12.4. The number of carbonyl (C=O) groups is 2. The topological polar surface area (TPSA) is 67.9 Å². The largest absolute Gasteiger partial charge is 0.436 e. The van der Waals surface area contributed by atoms with Gasteiger partial charge in [-0.15, -0.1) is 0 Å². The van der Waals surface area contributed by atoms with Gasteiger partial charge in [0.05, 0.1) is 7.11 Å². The molecule has 1 aromatic rings. The SMILES string of the molecule is CON(C)C(=O)[C@H](Cc1cccc(Cl)c1)OC(=O)NC(C)(C)C. The van der Waals surface area contributed by atoms with Crippen LogP contribution in [0.1, 0.15) is 26.3 Å². The van der Waals surface area contributed by atoms with Gasteiger partial charge in [0.2, 0.25) is 0 Å². The fraction of sp³-hybridized carbons (Fsp3) is 0.500. The molecule has 1 N–H and O–H groups in total. The Balaban J connectivity index is 2.89. The second kappa shape index (κ2) is 8.17. The molecule has 23 heavy (non-hydrogen) atoms.